The van der Waals surface area contributed by atoms with Crippen molar-refractivity contribution in [3.63, 3.8) is 0 Å². The summed E-state index contributed by atoms with van der Waals surface area (Å²) >= 11 is 2.04. The number of thiophene rings is 1. The van der Waals surface area contributed by atoms with Crippen LogP contribution in [0.2, 0.25) is 0 Å². The molecule has 0 fully saturated rings. The summed E-state index contributed by atoms with van der Waals surface area (Å²) in [7, 11) is 0. The number of para-hydroxylation sites is 1. The monoisotopic (exact) mass is 780 g/mol. The number of anilines is 3. The zero-order valence-electron chi connectivity index (χ0n) is 35.4. The van der Waals surface area contributed by atoms with Gasteiger partial charge in [0.25, 0.3) is 0 Å². The summed E-state index contributed by atoms with van der Waals surface area (Å²) in [6.45, 7) is 19.2. The van der Waals surface area contributed by atoms with Crippen molar-refractivity contribution in [2.45, 2.75) is 84.5 Å². The standard InChI is InChI=1S/C55H49BN2S/c1-32-25-41-38-20-14-19-37-40-27-34-17-12-13-18-35(34)28-46(40)58(50(37)38)56-49(41)47(26-32)57(45-22-21-36(53(2,3)4)29-39(45)33-15-10-9-11-16-33)51-42-30-43-44(31-48(42)59-52(51)56)55(7,8)24-23-54(43,5)6/h9-22,25-31H,23-24H2,1-8H3. The molecule has 1 aliphatic carbocycles. The number of benzene rings is 7. The van der Waals surface area contributed by atoms with Crippen LogP contribution in [0.25, 0.3) is 64.9 Å². The lowest BCUT2D eigenvalue weighted by Gasteiger charge is -2.42. The van der Waals surface area contributed by atoms with Gasteiger partial charge in [-0.2, -0.15) is 0 Å². The first-order valence-electron chi connectivity index (χ1n) is 21.5. The number of hydrogen-bond donors (Lipinski definition) is 0. The molecule has 2 aromatic heterocycles. The fourth-order valence-electron chi connectivity index (χ4n) is 11.1. The Bertz CT molecular complexity index is 3280. The zero-order valence-corrected chi connectivity index (χ0v) is 36.2. The molecule has 4 heterocycles. The highest BCUT2D eigenvalue weighted by Crippen LogP contribution is 2.54. The molecule has 0 saturated carbocycles. The summed E-state index contributed by atoms with van der Waals surface area (Å²) in [4.78, 5) is 2.70. The average Bonchev–Trinajstić information content (AvgIpc) is 3.75. The van der Waals surface area contributed by atoms with Gasteiger partial charge in [-0.1, -0.05) is 133 Å². The summed E-state index contributed by atoms with van der Waals surface area (Å²) in [5, 5.41) is 6.62. The first-order chi connectivity index (χ1) is 28.3. The third-order valence-electron chi connectivity index (χ3n) is 14.4. The fraction of sp³-hybridized carbons (Fsp3) is 0.236. The normalized spacial score (nSPS) is 16.2. The van der Waals surface area contributed by atoms with E-state index in [0.29, 0.717) is 0 Å². The van der Waals surface area contributed by atoms with Gasteiger partial charge in [-0.25, -0.2) is 0 Å². The summed E-state index contributed by atoms with van der Waals surface area (Å²) in [6.07, 6.45) is 2.39. The molecule has 4 heteroatoms. The zero-order chi connectivity index (χ0) is 40.3. The van der Waals surface area contributed by atoms with Crippen LogP contribution in [-0.2, 0) is 16.2 Å². The molecule has 0 unspecified atom stereocenters. The number of aryl methyl sites for hydroxylation is 1. The van der Waals surface area contributed by atoms with Crippen molar-refractivity contribution < 1.29 is 0 Å². The van der Waals surface area contributed by atoms with E-state index in [0.717, 1.165) is 0 Å². The van der Waals surface area contributed by atoms with Gasteiger partial charge in [0, 0.05) is 53.5 Å². The van der Waals surface area contributed by atoms with Gasteiger partial charge in [0.05, 0.1) is 11.4 Å². The molecule has 3 aliphatic rings. The Labute approximate surface area is 352 Å². The highest BCUT2D eigenvalue weighted by atomic mass is 32.1. The van der Waals surface area contributed by atoms with Crippen LogP contribution in [0.15, 0.2) is 127 Å². The van der Waals surface area contributed by atoms with Crippen molar-refractivity contribution in [1.82, 2.24) is 4.48 Å². The van der Waals surface area contributed by atoms with Crippen molar-refractivity contribution in [2.75, 3.05) is 4.90 Å². The summed E-state index contributed by atoms with van der Waals surface area (Å²) in [5.74, 6) is 0. The lowest BCUT2D eigenvalue weighted by Crippen LogP contribution is -2.55. The van der Waals surface area contributed by atoms with Crippen molar-refractivity contribution in [3.8, 4) is 22.3 Å². The van der Waals surface area contributed by atoms with E-state index in [-0.39, 0.29) is 23.1 Å². The number of fused-ring (bicyclic) bond motifs is 11. The number of nitrogens with zero attached hydrogens (tertiary/aromatic N) is 2. The van der Waals surface area contributed by atoms with Gasteiger partial charge >= 0.3 is 6.85 Å². The molecule has 0 atom stereocenters. The SMILES string of the molecule is Cc1cc2c3c(c1)N(c1ccc(C(C)(C)C)cc1-c1ccccc1)c1c(sc4cc5c(cc14)C(C)(C)CCC5(C)C)B3n1c3cc4ccccc4cc3c3cccc-2c31. The maximum Gasteiger partial charge on any atom is 0.343 e. The highest BCUT2D eigenvalue weighted by molar-refractivity contribution is 7.32. The van der Waals surface area contributed by atoms with Crippen molar-refractivity contribution in [1.29, 1.82) is 0 Å². The summed E-state index contributed by atoms with van der Waals surface area (Å²) in [5.41, 5.74) is 19.0. The second-order valence-corrected chi connectivity index (χ2v) is 21.2. The highest BCUT2D eigenvalue weighted by Gasteiger charge is 2.46. The van der Waals surface area contributed by atoms with Gasteiger partial charge in [0.15, 0.2) is 0 Å². The van der Waals surface area contributed by atoms with Crippen molar-refractivity contribution in [2.24, 2.45) is 0 Å². The Hall–Kier alpha value is -5.58. The van der Waals surface area contributed by atoms with Crippen LogP contribution < -0.4 is 15.1 Å². The largest absolute Gasteiger partial charge is 0.375 e. The Morgan fingerprint density at radius 3 is 2.07 bits per heavy atom. The van der Waals surface area contributed by atoms with Crippen LogP contribution in [0.3, 0.4) is 0 Å². The van der Waals surface area contributed by atoms with Gasteiger partial charge in [-0.05, 0) is 128 Å². The molecule has 0 spiro atoms. The number of hydrogen-bond acceptors (Lipinski definition) is 2. The Morgan fingerprint density at radius 1 is 0.610 bits per heavy atom. The second kappa shape index (κ2) is 11.8. The lowest BCUT2D eigenvalue weighted by molar-refractivity contribution is 0.332. The van der Waals surface area contributed by atoms with E-state index in [4.69, 9.17) is 0 Å². The number of rotatable bonds is 2. The van der Waals surface area contributed by atoms with Gasteiger partial charge in [0.1, 0.15) is 0 Å². The molecule has 0 amide bonds. The van der Waals surface area contributed by atoms with E-state index in [2.05, 4.69) is 192 Å². The van der Waals surface area contributed by atoms with Crippen LogP contribution in [-0.4, -0.2) is 11.3 Å². The first kappa shape index (κ1) is 35.4. The molecular formula is C55H49BN2S. The topological polar surface area (TPSA) is 8.17 Å². The minimum absolute atomic E-state index is 0.00394. The molecule has 59 heavy (non-hydrogen) atoms. The summed E-state index contributed by atoms with van der Waals surface area (Å²) < 4.78 is 5.56. The molecule has 0 N–H and O–H groups in total. The third-order valence-corrected chi connectivity index (χ3v) is 15.6. The Balaban J connectivity index is 1.26. The quantitative estimate of drug-likeness (QED) is 0.159. The van der Waals surface area contributed by atoms with Gasteiger partial charge in [-0.15, -0.1) is 11.3 Å². The fourth-order valence-corrected chi connectivity index (χ4v) is 12.4. The number of aromatic nitrogens is 1. The van der Waals surface area contributed by atoms with E-state index in [1.165, 1.54) is 127 Å². The van der Waals surface area contributed by atoms with E-state index in [9.17, 15) is 0 Å². The summed E-state index contributed by atoms with van der Waals surface area (Å²) in [6, 6.07) is 49.4. The van der Waals surface area contributed by atoms with Crippen LogP contribution in [0, 0.1) is 6.92 Å². The molecule has 0 bridgehead atoms. The molecule has 2 nitrogen and oxygen atoms in total. The lowest BCUT2D eigenvalue weighted by atomic mass is 9.48. The predicted molar refractivity (Wildman–Crippen MR) is 257 cm³/mol. The molecular weight excluding hydrogens is 731 g/mol. The van der Waals surface area contributed by atoms with E-state index in [1.54, 1.807) is 0 Å². The molecule has 12 rings (SSSR count). The predicted octanol–water partition coefficient (Wildman–Crippen LogP) is 14.2. The van der Waals surface area contributed by atoms with Gasteiger partial charge < -0.3 is 9.38 Å². The van der Waals surface area contributed by atoms with E-state index in [1.807, 2.05) is 11.3 Å². The van der Waals surface area contributed by atoms with Crippen molar-refractivity contribution >= 4 is 88.2 Å². The van der Waals surface area contributed by atoms with Gasteiger partial charge in [0.2, 0.25) is 0 Å². The maximum absolute atomic E-state index is 2.74. The molecule has 9 aromatic rings. The van der Waals surface area contributed by atoms with E-state index < -0.39 is 0 Å². The smallest absolute Gasteiger partial charge is 0.343 e. The molecule has 2 aliphatic heterocycles. The first-order valence-corrected chi connectivity index (χ1v) is 22.3. The maximum atomic E-state index is 2.74. The minimum atomic E-state index is 0.00394. The average molecular weight is 781 g/mol. The Kier molecular flexibility index (Phi) is 7.07. The minimum Gasteiger partial charge on any atom is -0.375 e. The Morgan fingerprint density at radius 2 is 1.32 bits per heavy atom. The van der Waals surface area contributed by atoms with Crippen LogP contribution >= 0.6 is 11.3 Å². The van der Waals surface area contributed by atoms with Gasteiger partial charge in [-0.3, -0.25) is 0 Å². The molecule has 0 saturated heterocycles. The van der Waals surface area contributed by atoms with Crippen molar-refractivity contribution in [3.05, 3.63) is 150 Å². The molecule has 0 radical (unpaired) electrons. The second-order valence-electron chi connectivity index (χ2n) is 20.1. The van der Waals surface area contributed by atoms with Crippen LogP contribution in [0.5, 0.6) is 0 Å². The van der Waals surface area contributed by atoms with E-state index >= 15 is 0 Å². The van der Waals surface area contributed by atoms with Crippen LogP contribution in [0.1, 0.15) is 83.6 Å². The third kappa shape index (κ3) is 4.87. The molecule has 7 aromatic carbocycles. The molecule has 288 valence electrons. The van der Waals surface area contributed by atoms with Crippen LogP contribution in [0.4, 0.5) is 17.1 Å².